The second-order valence-electron chi connectivity index (χ2n) is 14.2. The number of oxime groups is 1. The van der Waals surface area contributed by atoms with E-state index in [1.807, 2.05) is 17.9 Å². The number of hydrogen-bond acceptors (Lipinski definition) is 8. The number of aliphatic hydroxyl groups is 1. The average Bonchev–Trinajstić information content (AvgIpc) is 3.65. The largest absolute Gasteiger partial charge is 0.381 e. The minimum atomic E-state index is -1.26. The van der Waals surface area contributed by atoms with Crippen molar-refractivity contribution in [3.8, 4) is 11.5 Å². The summed E-state index contributed by atoms with van der Waals surface area (Å²) in [6, 6.07) is 12.7. The van der Waals surface area contributed by atoms with Crippen LogP contribution >= 0.6 is 0 Å². The molecule has 3 N–H and O–H groups in total. The van der Waals surface area contributed by atoms with Crippen LogP contribution in [0.1, 0.15) is 77.9 Å². The van der Waals surface area contributed by atoms with Crippen molar-refractivity contribution in [2.45, 2.75) is 70.4 Å². The molecule has 13 nitrogen and oxygen atoms in total. The second-order valence-corrected chi connectivity index (χ2v) is 14.2. The number of hydrogen-bond donors (Lipinski definition) is 3. The molecule has 6 heterocycles. The predicted octanol–water partition coefficient (Wildman–Crippen LogP) is 4.35. The van der Waals surface area contributed by atoms with Crippen LogP contribution < -0.4 is 11.0 Å². The summed E-state index contributed by atoms with van der Waals surface area (Å²) >= 11 is 0. The highest BCUT2D eigenvalue weighted by Crippen LogP contribution is 2.54. The lowest BCUT2D eigenvalue weighted by molar-refractivity contribution is -0.0896. The maximum atomic E-state index is 15.1. The normalized spacial score (nSPS) is 24.7. The van der Waals surface area contributed by atoms with E-state index in [-0.39, 0.29) is 23.3 Å². The van der Waals surface area contributed by atoms with Crippen molar-refractivity contribution in [2.24, 2.45) is 11.1 Å². The van der Waals surface area contributed by atoms with Crippen LogP contribution in [0.5, 0.6) is 0 Å². The van der Waals surface area contributed by atoms with Crippen LogP contribution in [0.3, 0.4) is 0 Å². The molecule has 4 atom stereocenters. The average molecular weight is 695 g/mol. The molecule has 3 aromatic heterocycles. The standard InChI is InChI=1S/C37H39FN8O5/c1-20-16-26(5-6-27(20)38)46-32(44-13-11-39-35(44)48)31-22(3)43(12-8-28(31)41-46)33(47)30-18-25-17-24(23-9-14-50-15-10-23)4-7-29(25)45(30)37(19-21(37)2)34-40-36(49)51-42-34/h4-7,11,13,16-18,21-23,36,49H,8-10,12,14-15,19H2,1-3H3,(H,39,48)(H,40,42)/t21-,22-,36?,37-/m0/s1. The number of aliphatic hydroxyl groups excluding tert-OH is 1. The highest BCUT2D eigenvalue weighted by molar-refractivity contribution is 6.03. The molecule has 1 saturated carbocycles. The van der Waals surface area contributed by atoms with E-state index in [1.54, 1.807) is 36.1 Å². The van der Waals surface area contributed by atoms with Crippen molar-refractivity contribution in [3.05, 3.63) is 99.2 Å². The van der Waals surface area contributed by atoms with Gasteiger partial charge in [-0.1, -0.05) is 18.1 Å². The Hall–Kier alpha value is -5.21. The summed E-state index contributed by atoms with van der Waals surface area (Å²) in [5.74, 6) is 0.955. The fraction of sp³-hybridized carbons (Fsp3) is 0.405. The Labute approximate surface area is 292 Å². The first-order chi connectivity index (χ1) is 24.7. The molecule has 2 aromatic carbocycles. The van der Waals surface area contributed by atoms with E-state index >= 15 is 4.79 Å². The van der Waals surface area contributed by atoms with Gasteiger partial charge < -0.3 is 34.4 Å². The van der Waals surface area contributed by atoms with Crippen molar-refractivity contribution >= 4 is 22.6 Å². The molecule has 5 aromatic rings. The number of nitrogens with zero attached hydrogens (tertiary/aromatic N) is 6. The van der Waals surface area contributed by atoms with Crippen LogP contribution in [0, 0.1) is 18.7 Å². The third kappa shape index (κ3) is 4.87. The fourth-order valence-corrected chi connectivity index (χ4v) is 8.48. The number of imidazole rings is 1. The molecule has 1 unspecified atom stereocenters. The summed E-state index contributed by atoms with van der Waals surface area (Å²) in [6.07, 6.45) is 4.98. The molecular formula is C37H39FN8O5. The molecule has 14 heteroatoms. The number of carbonyl (C=O) groups is 1. The summed E-state index contributed by atoms with van der Waals surface area (Å²) < 4.78 is 25.2. The van der Waals surface area contributed by atoms with Crippen molar-refractivity contribution in [1.82, 2.24) is 34.1 Å². The van der Waals surface area contributed by atoms with Crippen LogP contribution in [0.4, 0.5) is 4.39 Å². The fourth-order valence-electron chi connectivity index (χ4n) is 8.48. The zero-order valence-corrected chi connectivity index (χ0v) is 28.6. The molecule has 1 amide bonds. The molecule has 9 rings (SSSR count). The lowest BCUT2D eigenvalue weighted by atomic mass is 9.91. The number of rotatable bonds is 6. The smallest absolute Gasteiger partial charge is 0.331 e. The van der Waals surface area contributed by atoms with E-state index in [0.717, 1.165) is 48.2 Å². The summed E-state index contributed by atoms with van der Waals surface area (Å²) in [7, 11) is 0. The number of amides is 1. The number of halogens is 1. The number of aryl methyl sites for hydroxylation is 1. The van der Waals surface area contributed by atoms with Crippen LogP contribution in [-0.2, 0) is 21.5 Å². The van der Waals surface area contributed by atoms with E-state index in [0.29, 0.717) is 53.9 Å². The summed E-state index contributed by atoms with van der Waals surface area (Å²) in [6.45, 7) is 7.60. The predicted molar refractivity (Wildman–Crippen MR) is 186 cm³/mol. The number of aromatic nitrogens is 5. The summed E-state index contributed by atoms with van der Waals surface area (Å²) in [4.78, 5) is 37.9. The monoisotopic (exact) mass is 694 g/mol. The van der Waals surface area contributed by atoms with Gasteiger partial charge in [0, 0.05) is 55.0 Å². The van der Waals surface area contributed by atoms with Crippen molar-refractivity contribution < 1.29 is 23.9 Å². The van der Waals surface area contributed by atoms with Gasteiger partial charge in [-0.15, -0.1) is 0 Å². The highest BCUT2D eigenvalue weighted by atomic mass is 19.1. The second kappa shape index (κ2) is 11.7. The number of aromatic amines is 1. The van der Waals surface area contributed by atoms with E-state index in [9.17, 15) is 14.3 Å². The molecule has 0 spiro atoms. The SMILES string of the molecule is Cc1cc(-n2nc3c(c2-n2cc[nH]c2=O)[C@H](C)N(C(=O)c2cc4cc(C5CCOCC5)ccc4n2[C@@]2(C4=NOC(O)N4)C[C@@H]2C)CC3)ccc1F. The number of H-pyrrole nitrogens is 1. The van der Waals surface area contributed by atoms with Gasteiger partial charge in [-0.2, -0.15) is 5.10 Å². The topological polar surface area (TPSA) is 144 Å². The van der Waals surface area contributed by atoms with Gasteiger partial charge in [0.25, 0.3) is 5.91 Å². The minimum Gasteiger partial charge on any atom is -0.381 e. The van der Waals surface area contributed by atoms with Crippen LogP contribution in [-0.4, -0.2) is 71.8 Å². The highest BCUT2D eigenvalue weighted by Gasteiger charge is 2.61. The van der Waals surface area contributed by atoms with Gasteiger partial charge in [-0.05, 0) is 92.5 Å². The van der Waals surface area contributed by atoms with Gasteiger partial charge in [-0.25, -0.2) is 13.9 Å². The van der Waals surface area contributed by atoms with Gasteiger partial charge >= 0.3 is 12.1 Å². The molecule has 2 fully saturated rings. The van der Waals surface area contributed by atoms with E-state index in [4.69, 9.17) is 14.7 Å². The molecule has 1 saturated heterocycles. The quantitative estimate of drug-likeness (QED) is 0.240. The molecule has 1 aliphatic carbocycles. The van der Waals surface area contributed by atoms with E-state index < -0.39 is 18.0 Å². The summed E-state index contributed by atoms with van der Waals surface area (Å²) in [5, 5.41) is 23.3. The zero-order valence-electron chi connectivity index (χ0n) is 28.6. The molecule has 51 heavy (non-hydrogen) atoms. The molecule has 4 aliphatic rings. The van der Waals surface area contributed by atoms with Gasteiger partial charge in [-0.3, -0.25) is 9.36 Å². The number of nitrogens with one attached hydrogen (secondary N) is 2. The van der Waals surface area contributed by atoms with Gasteiger partial charge in [0.2, 0.25) is 0 Å². The number of amidine groups is 1. The van der Waals surface area contributed by atoms with Crippen molar-refractivity contribution in [3.63, 3.8) is 0 Å². The minimum absolute atomic E-state index is 0.102. The molecule has 264 valence electrons. The lowest BCUT2D eigenvalue weighted by Crippen LogP contribution is -2.44. The molecule has 0 bridgehead atoms. The Morgan fingerprint density at radius 1 is 1.12 bits per heavy atom. The van der Waals surface area contributed by atoms with Crippen LogP contribution in [0.25, 0.3) is 22.4 Å². The third-order valence-corrected chi connectivity index (χ3v) is 11.3. The Kier molecular flexibility index (Phi) is 7.26. The van der Waals surface area contributed by atoms with E-state index in [2.05, 4.69) is 45.1 Å². The molecule has 3 aliphatic heterocycles. The van der Waals surface area contributed by atoms with Crippen LogP contribution in [0.15, 0.2) is 64.8 Å². The summed E-state index contributed by atoms with van der Waals surface area (Å²) in [5.41, 5.74) is 4.11. The number of carbonyl (C=O) groups excluding carboxylic acids is 1. The van der Waals surface area contributed by atoms with Gasteiger partial charge in [0.1, 0.15) is 22.9 Å². The van der Waals surface area contributed by atoms with Crippen molar-refractivity contribution in [1.29, 1.82) is 0 Å². The Bertz CT molecular complexity index is 2300. The number of benzene rings is 2. The Balaban J connectivity index is 1.17. The Morgan fingerprint density at radius 2 is 1.92 bits per heavy atom. The number of fused-ring (bicyclic) bond motifs is 2. The first-order valence-corrected chi connectivity index (χ1v) is 17.5. The lowest BCUT2D eigenvalue weighted by Gasteiger charge is -2.34. The maximum absolute atomic E-state index is 15.1. The first kappa shape index (κ1) is 31.7. The zero-order chi connectivity index (χ0) is 35.2. The van der Waals surface area contributed by atoms with E-state index in [1.165, 1.54) is 16.2 Å². The first-order valence-electron chi connectivity index (χ1n) is 17.5. The van der Waals surface area contributed by atoms with Crippen LogP contribution in [0.2, 0.25) is 0 Å². The van der Waals surface area contributed by atoms with Crippen molar-refractivity contribution in [2.75, 3.05) is 19.8 Å². The molecule has 0 radical (unpaired) electrons. The third-order valence-electron chi connectivity index (χ3n) is 11.3. The maximum Gasteiger partial charge on any atom is 0.331 e. The number of ether oxygens (including phenoxy) is 1. The Morgan fingerprint density at radius 3 is 2.61 bits per heavy atom. The van der Waals surface area contributed by atoms with Gasteiger partial charge in [0.05, 0.1) is 17.4 Å². The molecular weight excluding hydrogens is 655 g/mol. The van der Waals surface area contributed by atoms with Gasteiger partial charge in [0.15, 0.2) is 5.84 Å².